The van der Waals surface area contributed by atoms with Gasteiger partial charge >= 0.3 is 0 Å². The summed E-state index contributed by atoms with van der Waals surface area (Å²) in [6.07, 6.45) is 12.2. The maximum Gasteiger partial charge on any atom is 0.223 e. The molecular weight excluding hydrogens is 274 g/mol. The molecule has 120 valence electrons. The van der Waals surface area contributed by atoms with Crippen molar-refractivity contribution in [2.75, 3.05) is 19.6 Å². The number of piperazine rings is 1. The Morgan fingerprint density at radius 3 is 2.95 bits per heavy atom. The molecule has 2 aliphatic rings. The van der Waals surface area contributed by atoms with E-state index in [1.165, 1.54) is 32.1 Å². The minimum Gasteiger partial charge on any atom is -0.333 e. The van der Waals surface area contributed by atoms with Gasteiger partial charge in [-0.2, -0.15) is 0 Å². The van der Waals surface area contributed by atoms with Crippen molar-refractivity contribution in [1.82, 2.24) is 15.2 Å². The van der Waals surface area contributed by atoms with E-state index in [1.807, 2.05) is 12.3 Å². The third-order valence-electron chi connectivity index (χ3n) is 5.12. The molecule has 4 heteroatoms. The summed E-state index contributed by atoms with van der Waals surface area (Å²) < 4.78 is 0. The number of rotatable bonds is 4. The van der Waals surface area contributed by atoms with E-state index in [0.29, 0.717) is 12.3 Å². The van der Waals surface area contributed by atoms with Crippen molar-refractivity contribution in [2.45, 2.75) is 51.0 Å². The van der Waals surface area contributed by atoms with E-state index in [1.54, 1.807) is 6.20 Å². The fourth-order valence-electron chi connectivity index (χ4n) is 3.82. The van der Waals surface area contributed by atoms with Gasteiger partial charge in [0.1, 0.15) is 0 Å². The van der Waals surface area contributed by atoms with Crippen LogP contribution in [0, 0.1) is 5.92 Å². The molecule has 0 radical (unpaired) electrons. The summed E-state index contributed by atoms with van der Waals surface area (Å²) in [5.74, 6) is 1.10. The quantitative estimate of drug-likeness (QED) is 0.930. The lowest BCUT2D eigenvalue weighted by molar-refractivity contribution is -0.135. The molecule has 2 heterocycles. The van der Waals surface area contributed by atoms with Crippen molar-refractivity contribution in [1.29, 1.82) is 0 Å². The Labute approximate surface area is 133 Å². The van der Waals surface area contributed by atoms with Crippen LogP contribution in [0.15, 0.2) is 24.5 Å². The largest absolute Gasteiger partial charge is 0.333 e. The Hall–Kier alpha value is -1.42. The van der Waals surface area contributed by atoms with Gasteiger partial charge < -0.3 is 10.2 Å². The molecular formula is C18H27N3O. The molecule has 0 bridgehead atoms. The topological polar surface area (TPSA) is 45.2 Å². The van der Waals surface area contributed by atoms with Gasteiger partial charge in [-0.25, -0.2) is 0 Å². The number of nitrogens with one attached hydrogen (secondary N) is 1. The smallest absolute Gasteiger partial charge is 0.223 e. The summed E-state index contributed by atoms with van der Waals surface area (Å²) in [6.45, 7) is 2.54. The number of nitrogens with zero attached hydrogens (tertiary/aromatic N) is 2. The Morgan fingerprint density at radius 1 is 1.32 bits per heavy atom. The van der Waals surface area contributed by atoms with Crippen molar-refractivity contribution in [3.05, 3.63) is 30.1 Å². The molecule has 0 spiro atoms. The Morgan fingerprint density at radius 2 is 2.18 bits per heavy atom. The number of carbonyl (C=O) groups is 1. The normalized spacial score (nSPS) is 23.5. The van der Waals surface area contributed by atoms with Gasteiger partial charge in [0.2, 0.25) is 5.91 Å². The Bertz CT molecular complexity index is 470. The van der Waals surface area contributed by atoms with E-state index < -0.39 is 0 Å². The number of hydrogen-bond donors (Lipinski definition) is 1. The first-order valence-electron chi connectivity index (χ1n) is 8.74. The average molecular weight is 301 g/mol. The molecule has 1 N–H and O–H groups in total. The van der Waals surface area contributed by atoms with E-state index in [0.717, 1.165) is 37.5 Å². The summed E-state index contributed by atoms with van der Waals surface area (Å²) in [6, 6.07) is 4.17. The Balaban J connectivity index is 1.59. The molecule has 1 aromatic rings. The summed E-state index contributed by atoms with van der Waals surface area (Å²) in [5.41, 5.74) is 1.14. The summed E-state index contributed by atoms with van der Waals surface area (Å²) in [7, 11) is 0. The van der Waals surface area contributed by atoms with E-state index in [9.17, 15) is 4.79 Å². The molecule has 1 aliphatic heterocycles. The van der Waals surface area contributed by atoms with Crippen LogP contribution in [0.2, 0.25) is 0 Å². The predicted molar refractivity (Wildman–Crippen MR) is 87.4 cm³/mol. The van der Waals surface area contributed by atoms with Crippen molar-refractivity contribution in [2.24, 2.45) is 5.92 Å². The van der Waals surface area contributed by atoms with Crippen LogP contribution in [0.5, 0.6) is 0 Å². The minimum atomic E-state index is 0.140. The number of pyridine rings is 1. The van der Waals surface area contributed by atoms with E-state index in [2.05, 4.69) is 21.3 Å². The molecule has 22 heavy (non-hydrogen) atoms. The maximum atomic E-state index is 12.7. The fourth-order valence-corrected chi connectivity index (χ4v) is 3.82. The molecule has 4 nitrogen and oxygen atoms in total. The van der Waals surface area contributed by atoms with Gasteiger partial charge in [-0.3, -0.25) is 9.78 Å². The van der Waals surface area contributed by atoms with Crippen molar-refractivity contribution in [3.8, 4) is 0 Å². The van der Waals surface area contributed by atoms with Crippen LogP contribution in [-0.4, -0.2) is 35.4 Å². The van der Waals surface area contributed by atoms with Gasteiger partial charge in [0.05, 0.1) is 6.04 Å². The summed E-state index contributed by atoms with van der Waals surface area (Å²) in [4.78, 5) is 19.0. The first kappa shape index (κ1) is 15.5. The minimum absolute atomic E-state index is 0.140. The van der Waals surface area contributed by atoms with Gasteiger partial charge in [-0.05, 0) is 24.0 Å². The summed E-state index contributed by atoms with van der Waals surface area (Å²) in [5, 5.41) is 3.40. The molecule has 1 saturated heterocycles. The maximum absolute atomic E-state index is 12.7. The SMILES string of the molecule is O=C(CCC1CCCCC1)N1CCNCC1c1cccnc1. The second-order valence-corrected chi connectivity index (χ2v) is 6.64. The highest BCUT2D eigenvalue weighted by Crippen LogP contribution is 2.29. The second kappa shape index (κ2) is 7.73. The number of carbonyl (C=O) groups excluding carboxylic acids is 1. The van der Waals surface area contributed by atoms with Gasteiger partial charge in [0.15, 0.2) is 0 Å². The average Bonchev–Trinajstić information content (AvgIpc) is 2.61. The van der Waals surface area contributed by atoms with Crippen LogP contribution in [0.4, 0.5) is 0 Å². The van der Waals surface area contributed by atoms with E-state index in [4.69, 9.17) is 0 Å². The second-order valence-electron chi connectivity index (χ2n) is 6.64. The first-order valence-corrected chi connectivity index (χ1v) is 8.74. The standard InChI is InChI=1S/C18H27N3O/c22-18(9-8-15-5-2-1-3-6-15)21-12-11-20-14-17(21)16-7-4-10-19-13-16/h4,7,10,13,15,17,20H,1-3,5-6,8-9,11-12,14H2. The van der Waals surface area contributed by atoms with Crippen LogP contribution in [-0.2, 0) is 4.79 Å². The highest BCUT2D eigenvalue weighted by molar-refractivity contribution is 5.77. The molecule has 1 saturated carbocycles. The lowest BCUT2D eigenvalue weighted by Crippen LogP contribution is -2.48. The molecule has 2 fully saturated rings. The van der Waals surface area contributed by atoms with Crippen molar-refractivity contribution in [3.63, 3.8) is 0 Å². The number of amides is 1. The lowest BCUT2D eigenvalue weighted by Gasteiger charge is -2.37. The number of hydrogen-bond acceptors (Lipinski definition) is 3. The van der Waals surface area contributed by atoms with Gasteiger partial charge in [-0.1, -0.05) is 38.2 Å². The van der Waals surface area contributed by atoms with E-state index >= 15 is 0 Å². The van der Waals surface area contributed by atoms with Gasteiger partial charge in [0.25, 0.3) is 0 Å². The molecule has 1 unspecified atom stereocenters. The van der Waals surface area contributed by atoms with Gasteiger partial charge in [-0.15, -0.1) is 0 Å². The zero-order chi connectivity index (χ0) is 15.2. The zero-order valence-electron chi connectivity index (χ0n) is 13.3. The molecule has 1 atom stereocenters. The van der Waals surface area contributed by atoms with Crippen molar-refractivity contribution < 1.29 is 4.79 Å². The monoisotopic (exact) mass is 301 g/mol. The highest BCUT2D eigenvalue weighted by Gasteiger charge is 2.28. The molecule has 1 amide bonds. The molecule has 1 aromatic heterocycles. The molecule has 1 aliphatic carbocycles. The van der Waals surface area contributed by atoms with Crippen LogP contribution < -0.4 is 5.32 Å². The van der Waals surface area contributed by atoms with Crippen molar-refractivity contribution >= 4 is 5.91 Å². The van der Waals surface area contributed by atoms with Crippen LogP contribution in [0.3, 0.4) is 0 Å². The van der Waals surface area contributed by atoms with Crippen LogP contribution in [0.1, 0.15) is 56.6 Å². The molecule has 3 rings (SSSR count). The lowest BCUT2D eigenvalue weighted by atomic mass is 9.86. The van der Waals surface area contributed by atoms with Crippen LogP contribution >= 0.6 is 0 Å². The first-order chi connectivity index (χ1) is 10.8. The van der Waals surface area contributed by atoms with Gasteiger partial charge in [0, 0.05) is 38.4 Å². The predicted octanol–water partition coefficient (Wildman–Crippen LogP) is 2.92. The fraction of sp³-hybridized carbons (Fsp3) is 0.667. The molecule has 0 aromatic carbocycles. The third-order valence-corrected chi connectivity index (χ3v) is 5.12. The number of aromatic nitrogens is 1. The van der Waals surface area contributed by atoms with E-state index in [-0.39, 0.29) is 6.04 Å². The zero-order valence-corrected chi connectivity index (χ0v) is 13.3. The highest BCUT2D eigenvalue weighted by atomic mass is 16.2. The van der Waals surface area contributed by atoms with Crippen LogP contribution in [0.25, 0.3) is 0 Å². The third kappa shape index (κ3) is 3.86. The summed E-state index contributed by atoms with van der Waals surface area (Å²) >= 11 is 0. The Kier molecular flexibility index (Phi) is 5.43.